The van der Waals surface area contributed by atoms with Crippen LogP contribution in [0, 0.1) is 11.6 Å². The van der Waals surface area contributed by atoms with Gasteiger partial charge in [-0.2, -0.15) is 0 Å². The van der Waals surface area contributed by atoms with Gasteiger partial charge in [-0.1, -0.05) is 31.1 Å². The molecule has 0 amide bonds. The van der Waals surface area contributed by atoms with Gasteiger partial charge in [0.1, 0.15) is 10.3 Å². The third-order valence-corrected chi connectivity index (χ3v) is 5.25. The number of aromatic nitrogens is 3. The molecule has 0 saturated heterocycles. The number of hydrogen-bond donors (Lipinski definition) is 1. The third-order valence-electron chi connectivity index (χ3n) is 3.89. The maximum absolute atomic E-state index is 5.40. The number of aryl methyl sites for hydroxylation is 1. The van der Waals surface area contributed by atoms with Gasteiger partial charge in [0.25, 0.3) is 0 Å². The van der Waals surface area contributed by atoms with Gasteiger partial charge in [-0.05, 0) is 47.3 Å². The minimum atomic E-state index is 0.553. The van der Waals surface area contributed by atoms with Crippen molar-refractivity contribution in [1.29, 1.82) is 0 Å². The molecule has 0 spiro atoms. The van der Waals surface area contributed by atoms with E-state index in [-0.39, 0.29) is 0 Å². The van der Waals surface area contributed by atoms with Crippen molar-refractivity contribution < 1.29 is 0 Å². The largest absolute Gasteiger partial charge is 0.341 e. The summed E-state index contributed by atoms with van der Waals surface area (Å²) in [4.78, 5) is 12.4. The summed E-state index contributed by atoms with van der Waals surface area (Å²) >= 11 is 9.00. The van der Waals surface area contributed by atoms with Crippen LogP contribution in [0.3, 0.4) is 0 Å². The van der Waals surface area contributed by atoms with Crippen LogP contribution in [0.15, 0.2) is 22.8 Å². The lowest BCUT2D eigenvalue weighted by atomic mass is 10.0. The molecule has 1 fully saturated rings. The van der Waals surface area contributed by atoms with Gasteiger partial charge in [-0.25, -0.2) is 4.98 Å². The highest BCUT2D eigenvalue weighted by molar-refractivity contribution is 9.10. The molecule has 1 aliphatic rings. The summed E-state index contributed by atoms with van der Waals surface area (Å²) < 4.78 is 1.56. The quantitative estimate of drug-likeness (QED) is 0.781. The molecule has 2 aromatic heterocycles. The molecule has 1 N–H and O–H groups in total. The molecule has 1 saturated carbocycles. The number of hydrogen-bond acceptors (Lipinski definition) is 3. The van der Waals surface area contributed by atoms with E-state index in [1.807, 2.05) is 19.1 Å². The molecule has 2 aromatic rings. The summed E-state index contributed by atoms with van der Waals surface area (Å²) in [6, 6.07) is 3.97. The van der Waals surface area contributed by atoms with Crippen molar-refractivity contribution in [3.8, 4) is 11.5 Å². The molecule has 104 valence electrons. The zero-order valence-corrected chi connectivity index (χ0v) is 13.7. The van der Waals surface area contributed by atoms with Gasteiger partial charge >= 0.3 is 0 Å². The van der Waals surface area contributed by atoms with Crippen LogP contribution in [-0.2, 0) is 0 Å². The number of aromatic amines is 1. The number of halogens is 1. The topological polar surface area (TPSA) is 41.6 Å². The zero-order valence-electron chi connectivity index (χ0n) is 11.3. The molecular weight excluding hydrogens is 334 g/mol. The van der Waals surface area contributed by atoms with Crippen LogP contribution in [0.25, 0.3) is 11.5 Å². The smallest absolute Gasteiger partial charge is 0.158 e. The van der Waals surface area contributed by atoms with E-state index in [0.717, 1.165) is 21.6 Å². The van der Waals surface area contributed by atoms with E-state index in [1.165, 1.54) is 31.4 Å². The Morgan fingerprint density at radius 1 is 1.35 bits per heavy atom. The van der Waals surface area contributed by atoms with Gasteiger partial charge < -0.3 is 4.98 Å². The second-order valence-corrected chi connectivity index (χ2v) is 6.45. The van der Waals surface area contributed by atoms with Crippen LogP contribution >= 0.6 is 28.1 Å². The van der Waals surface area contributed by atoms with E-state index in [4.69, 9.17) is 12.2 Å². The summed E-state index contributed by atoms with van der Waals surface area (Å²) in [6.45, 7) is 2.04. The van der Waals surface area contributed by atoms with Crippen LogP contribution in [0.2, 0.25) is 0 Å². The van der Waals surface area contributed by atoms with Crippen molar-refractivity contribution >= 4 is 28.1 Å². The molecule has 3 rings (SSSR count). The lowest BCUT2D eigenvalue weighted by Crippen LogP contribution is -2.04. The maximum Gasteiger partial charge on any atom is 0.158 e. The number of rotatable bonds is 2. The Labute approximate surface area is 132 Å². The highest BCUT2D eigenvalue weighted by Gasteiger charge is 2.22. The molecule has 3 nitrogen and oxygen atoms in total. The Kier molecular flexibility index (Phi) is 3.98. The van der Waals surface area contributed by atoms with Gasteiger partial charge in [0.2, 0.25) is 0 Å². The Bertz CT molecular complexity index is 690. The molecule has 0 radical (unpaired) electrons. The second kappa shape index (κ2) is 5.74. The second-order valence-electron chi connectivity index (χ2n) is 5.27. The summed E-state index contributed by atoms with van der Waals surface area (Å²) in [5, 5.41) is 0. The van der Waals surface area contributed by atoms with Crippen molar-refractivity contribution in [1.82, 2.24) is 15.0 Å². The standard InChI is InChI=1S/C15H16BrN3S/c1-9-5-4-8-17-12(9)14-18-13(10-6-2-3-7-10)11(16)15(20)19-14/h4-5,8,10H,2-3,6-7H2,1H3,(H,18,19,20). The molecular formula is C15H16BrN3S. The first-order chi connectivity index (χ1) is 9.66. The van der Waals surface area contributed by atoms with Crippen molar-refractivity contribution in [3.63, 3.8) is 0 Å². The van der Waals surface area contributed by atoms with E-state index in [9.17, 15) is 0 Å². The fourth-order valence-electron chi connectivity index (χ4n) is 2.82. The van der Waals surface area contributed by atoms with Crippen LogP contribution in [-0.4, -0.2) is 15.0 Å². The Morgan fingerprint density at radius 3 is 2.80 bits per heavy atom. The van der Waals surface area contributed by atoms with Gasteiger partial charge in [-0.3, -0.25) is 4.98 Å². The van der Waals surface area contributed by atoms with Crippen molar-refractivity contribution in [3.05, 3.63) is 38.7 Å². The molecule has 20 heavy (non-hydrogen) atoms. The maximum atomic E-state index is 5.40. The lowest BCUT2D eigenvalue weighted by molar-refractivity contribution is 0.689. The van der Waals surface area contributed by atoms with Gasteiger partial charge in [-0.15, -0.1) is 0 Å². The van der Waals surface area contributed by atoms with E-state index >= 15 is 0 Å². The molecule has 0 unspecified atom stereocenters. The predicted molar refractivity (Wildman–Crippen MR) is 86.3 cm³/mol. The molecule has 0 aliphatic heterocycles. The molecule has 0 atom stereocenters. The van der Waals surface area contributed by atoms with Crippen LogP contribution in [0.1, 0.15) is 42.9 Å². The van der Waals surface area contributed by atoms with Gasteiger partial charge in [0.05, 0.1) is 4.47 Å². The number of pyridine rings is 1. The molecule has 0 bridgehead atoms. The summed E-state index contributed by atoms with van der Waals surface area (Å²) in [5.41, 5.74) is 3.17. The Morgan fingerprint density at radius 2 is 2.10 bits per heavy atom. The summed E-state index contributed by atoms with van der Waals surface area (Å²) in [5.74, 6) is 1.33. The predicted octanol–water partition coefficient (Wildman–Crippen LogP) is 4.93. The Hall–Kier alpha value is -1.07. The first-order valence-electron chi connectivity index (χ1n) is 6.88. The first kappa shape index (κ1) is 13.9. The van der Waals surface area contributed by atoms with Crippen molar-refractivity contribution in [2.45, 2.75) is 38.5 Å². The lowest BCUT2D eigenvalue weighted by Gasteiger charge is -2.14. The van der Waals surface area contributed by atoms with E-state index in [2.05, 4.69) is 30.9 Å². The van der Waals surface area contributed by atoms with E-state index < -0.39 is 0 Å². The highest BCUT2D eigenvalue weighted by Crippen LogP contribution is 2.37. The summed E-state index contributed by atoms with van der Waals surface area (Å²) in [7, 11) is 0. The van der Waals surface area contributed by atoms with Crippen molar-refractivity contribution in [2.24, 2.45) is 0 Å². The van der Waals surface area contributed by atoms with Crippen LogP contribution < -0.4 is 0 Å². The zero-order chi connectivity index (χ0) is 14.1. The molecule has 2 heterocycles. The van der Waals surface area contributed by atoms with E-state index in [0.29, 0.717) is 10.6 Å². The fraction of sp³-hybridized carbons (Fsp3) is 0.400. The third kappa shape index (κ3) is 2.56. The summed E-state index contributed by atoms with van der Waals surface area (Å²) in [6.07, 6.45) is 6.80. The fourth-order valence-corrected chi connectivity index (χ4v) is 3.53. The number of nitrogens with one attached hydrogen (secondary N) is 1. The van der Waals surface area contributed by atoms with Gasteiger partial charge in [0, 0.05) is 17.8 Å². The normalized spacial score (nSPS) is 15.7. The molecule has 0 aromatic carbocycles. The molecule has 1 aliphatic carbocycles. The van der Waals surface area contributed by atoms with Crippen molar-refractivity contribution in [2.75, 3.05) is 0 Å². The van der Waals surface area contributed by atoms with E-state index in [1.54, 1.807) is 6.20 Å². The van der Waals surface area contributed by atoms with Gasteiger partial charge in [0.15, 0.2) is 5.82 Å². The minimum Gasteiger partial charge on any atom is -0.341 e. The average molecular weight is 350 g/mol. The first-order valence-corrected chi connectivity index (χ1v) is 8.08. The number of H-pyrrole nitrogens is 1. The highest BCUT2D eigenvalue weighted by atomic mass is 79.9. The number of nitrogens with zero attached hydrogens (tertiary/aromatic N) is 2. The monoisotopic (exact) mass is 349 g/mol. The average Bonchev–Trinajstić information content (AvgIpc) is 2.96. The van der Waals surface area contributed by atoms with Crippen LogP contribution in [0.5, 0.6) is 0 Å². The minimum absolute atomic E-state index is 0.553. The van der Waals surface area contributed by atoms with Crippen LogP contribution in [0.4, 0.5) is 0 Å². The Balaban J connectivity index is 2.14. The SMILES string of the molecule is Cc1cccnc1-c1nc(=S)c(Br)c(C2CCCC2)[nH]1. The molecule has 5 heteroatoms.